The zero-order valence-corrected chi connectivity index (χ0v) is 10.7. The van der Waals surface area contributed by atoms with E-state index in [9.17, 15) is 4.79 Å². The van der Waals surface area contributed by atoms with Crippen molar-refractivity contribution in [3.05, 3.63) is 23.8 Å². The van der Waals surface area contributed by atoms with Crippen molar-refractivity contribution in [2.45, 2.75) is 19.4 Å². The fraction of sp³-hybridized carbons (Fsp3) is 0.385. The molecule has 1 rings (SSSR count). The Kier molecular flexibility index (Phi) is 5.00. The maximum Gasteiger partial charge on any atom is 0.259 e. The molecular weight excluding hydrogens is 232 g/mol. The van der Waals surface area contributed by atoms with Crippen LogP contribution in [0.2, 0.25) is 0 Å². The van der Waals surface area contributed by atoms with Crippen molar-refractivity contribution in [2.24, 2.45) is 0 Å². The van der Waals surface area contributed by atoms with Gasteiger partial charge in [0.05, 0.1) is 26.7 Å². The third-order valence-corrected chi connectivity index (χ3v) is 2.43. The number of amides is 1. The van der Waals surface area contributed by atoms with Gasteiger partial charge in [0.15, 0.2) is 0 Å². The minimum absolute atomic E-state index is 0.225. The number of rotatable bonds is 5. The average Bonchev–Trinajstić information content (AvgIpc) is 2.37. The highest BCUT2D eigenvalue weighted by atomic mass is 16.5. The molecule has 1 unspecified atom stereocenters. The van der Waals surface area contributed by atoms with E-state index in [1.54, 1.807) is 25.1 Å². The van der Waals surface area contributed by atoms with Gasteiger partial charge in [-0.05, 0) is 19.1 Å². The van der Waals surface area contributed by atoms with Gasteiger partial charge in [0, 0.05) is 6.04 Å². The van der Waals surface area contributed by atoms with Crippen LogP contribution in [0.3, 0.4) is 0 Å². The van der Waals surface area contributed by atoms with E-state index < -0.39 is 0 Å². The highest BCUT2D eigenvalue weighted by Crippen LogP contribution is 2.28. The summed E-state index contributed by atoms with van der Waals surface area (Å²) >= 11 is 0. The van der Waals surface area contributed by atoms with Gasteiger partial charge in [0.25, 0.3) is 5.91 Å². The van der Waals surface area contributed by atoms with E-state index in [0.717, 1.165) is 0 Å². The second-order valence-corrected chi connectivity index (χ2v) is 3.77. The lowest BCUT2D eigenvalue weighted by Gasteiger charge is -2.15. The molecule has 18 heavy (non-hydrogen) atoms. The third-order valence-electron chi connectivity index (χ3n) is 2.43. The second kappa shape index (κ2) is 6.50. The van der Waals surface area contributed by atoms with Crippen molar-refractivity contribution in [2.75, 3.05) is 14.2 Å². The van der Waals surface area contributed by atoms with Crippen LogP contribution in [0, 0.1) is 11.3 Å². The number of methoxy groups -OCH3 is 2. The van der Waals surface area contributed by atoms with Crippen LogP contribution in [0.1, 0.15) is 23.7 Å². The fourth-order valence-corrected chi connectivity index (χ4v) is 1.56. The topological polar surface area (TPSA) is 71.3 Å². The molecule has 0 saturated carbocycles. The van der Waals surface area contributed by atoms with Crippen LogP contribution in [-0.2, 0) is 0 Å². The molecule has 1 aromatic rings. The number of nitrogens with zero attached hydrogens (tertiary/aromatic N) is 1. The molecule has 1 amide bonds. The van der Waals surface area contributed by atoms with E-state index in [4.69, 9.17) is 14.7 Å². The molecule has 0 heterocycles. The predicted molar refractivity (Wildman–Crippen MR) is 66.7 cm³/mol. The first-order valence-electron chi connectivity index (χ1n) is 5.52. The smallest absolute Gasteiger partial charge is 0.259 e. The second-order valence-electron chi connectivity index (χ2n) is 3.77. The summed E-state index contributed by atoms with van der Waals surface area (Å²) in [5.41, 5.74) is 0.340. The molecule has 0 fully saturated rings. The molecule has 0 spiro atoms. The molecule has 0 aliphatic rings. The maximum absolute atomic E-state index is 12.1. The van der Waals surface area contributed by atoms with Gasteiger partial charge in [0.2, 0.25) is 0 Å². The van der Waals surface area contributed by atoms with Crippen LogP contribution in [0.15, 0.2) is 18.2 Å². The van der Waals surface area contributed by atoms with Crippen LogP contribution in [0.25, 0.3) is 0 Å². The largest absolute Gasteiger partial charge is 0.496 e. The summed E-state index contributed by atoms with van der Waals surface area (Å²) < 4.78 is 10.3. The quantitative estimate of drug-likeness (QED) is 0.861. The summed E-state index contributed by atoms with van der Waals surface area (Å²) in [6.07, 6.45) is 0.253. The normalized spacial score (nSPS) is 11.2. The first kappa shape index (κ1) is 13.8. The first-order chi connectivity index (χ1) is 8.63. The Labute approximate surface area is 106 Å². The van der Waals surface area contributed by atoms with E-state index >= 15 is 0 Å². The number of carbonyl (C=O) groups excluding carboxylic acids is 1. The Bertz CT molecular complexity index is 444. The lowest BCUT2D eigenvalue weighted by Crippen LogP contribution is -2.32. The molecule has 5 nitrogen and oxygen atoms in total. The maximum atomic E-state index is 12.1. The number of hydrogen-bond acceptors (Lipinski definition) is 4. The number of ether oxygens (including phenoxy) is 2. The molecule has 0 saturated heterocycles. The molecule has 1 N–H and O–H groups in total. The zero-order chi connectivity index (χ0) is 13.5. The van der Waals surface area contributed by atoms with Gasteiger partial charge >= 0.3 is 0 Å². The lowest BCUT2D eigenvalue weighted by atomic mass is 10.1. The predicted octanol–water partition coefficient (Wildman–Crippen LogP) is 1.74. The number of benzene rings is 1. The molecule has 96 valence electrons. The van der Waals surface area contributed by atoms with Gasteiger partial charge in [-0.3, -0.25) is 4.79 Å². The van der Waals surface area contributed by atoms with Crippen molar-refractivity contribution in [1.82, 2.24) is 5.32 Å². The van der Waals surface area contributed by atoms with E-state index in [-0.39, 0.29) is 18.4 Å². The van der Waals surface area contributed by atoms with Crippen LogP contribution >= 0.6 is 0 Å². The minimum Gasteiger partial charge on any atom is -0.496 e. The van der Waals surface area contributed by atoms with E-state index in [0.29, 0.717) is 17.1 Å². The van der Waals surface area contributed by atoms with Gasteiger partial charge in [-0.25, -0.2) is 0 Å². The molecule has 0 aliphatic heterocycles. The van der Waals surface area contributed by atoms with E-state index in [2.05, 4.69) is 5.32 Å². The summed E-state index contributed by atoms with van der Waals surface area (Å²) in [6.45, 7) is 1.77. The van der Waals surface area contributed by atoms with Crippen molar-refractivity contribution in [3.8, 4) is 17.6 Å². The molecule has 0 bridgehead atoms. The molecule has 1 atom stereocenters. The Hall–Kier alpha value is -2.22. The van der Waals surface area contributed by atoms with Crippen LogP contribution in [-0.4, -0.2) is 26.2 Å². The Morgan fingerprint density at radius 2 is 1.94 bits per heavy atom. The Morgan fingerprint density at radius 3 is 2.39 bits per heavy atom. The van der Waals surface area contributed by atoms with Crippen molar-refractivity contribution < 1.29 is 14.3 Å². The molecule has 0 aliphatic carbocycles. The molecular formula is C13H16N2O3. The van der Waals surface area contributed by atoms with Crippen LogP contribution in [0.4, 0.5) is 0 Å². The average molecular weight is 248 g/mol. The van der Waals surface area contributed by atoms with E-state index in [1.165, 1.54) is 14.2 Å². The molecule has 0 aromatic heterocycles. The monoisotopic (exact) mass is 248 g/mol. The van der Waals surface area contributed by atoms with Crippen LogP contribution < -0.4 is 14.8 Å². The fourth-order valence-electron chi connectivity index (χ4n) is 1.56. The van der Waals surface area contributed by atoms with Crippen molar-refractivity contribution in [3.63, 3.8) is 0 Å². The third kappa shape index (κ3) is 3.14. The lowest BCUT2D eigenvalue weighted by molar-refractivity contribution is 0.0934. The minimum atomic E-state index is -0.313. The number of nitriles is 1. The molecule has 5 heteroatoms. The van der Waals surface area contributed by atoms with Gasteiger partial charge in [-0.1, -0.05) is 6.07 Å². The summed E-state index contributed by atoms with van der Waals surface area (Å²) in [7, 11) is 2.98. The summed E-state index contributed by atoms with van der Waals surface area (Å²) in [5, 5.41) is 11.3. The van der Waals surface area contributed by atoms with Crippen molar-refractivity contribution in [1.29, 1.82) is 5.26 Å². The Balaban J connectivity index is 3.00. The standard InChI is InChI=1S/C13H16N2O3/c1-9(7-8-14)15-13(16)12-10(17-2)5-4-6-11(12)18-3/h4-6,9H,7H2,1-3H3,(H,15,16). The number of carbonyl (C=O) groups is 1. The van der Waals surface area contributed by atoms with Crippen molar-refractivity contribution >= 4 is 5.91 Å². The summed E-state index contributed by atoms with van der Waals surface area (Å²) in [5.74, 6) is 0.569. The van der Waals surface area contributed by atoms with E-state index in [1.807, 2.05) is 6.07 Å². The van der Waals surface area contributed by atoms with Crippen LogP contribution in [0.5, 0.6) is 11.5 Å². The Morgan fingerprint density at radius 1 is 1.39 bits per heavy atom. The first-order valence-corrected chi connectivity index (χ1v) is 5.52. The zero-order valence-electron chi connectivity index (χ0n) is 10.7. The highest BCUT2D eigenvalue weighted by molar-refractivity contribution is 5.99. The molecule has 0 radical (unpaired) electrons. The summed E-state index contributed by atoms with van der Waals surface area (Å²) in [6, 6.07) is 6.90. The van der Waals surface area contributed by atoms with Gasteiger partial charge in [-0.15, -0.1) is 0 Å². The SMILES string of the molecule is COc1cccc(OC)c1C(=O)NC(C)CC#N. The van der Waals surface area contributed by atoms with Gasteiger partial charge in [0.1, 0.15) is 17.1 Å². The van der Waals surface area contributed by atoms with Gasteiger partial charge in [-0.2, -0.15) is 5.26 Å². The number of nitrogens with one attached hydrogen (secondary N) is 1. The van der Waals surface area contributed by atoms with Gasteiger partial charge < -0.3 is 14.8 Å². The highest BCUT2D eigenvalue weighted by Gasteiger charge is 2.19. The molecule has 1 aromatic carbocycles. The number of hydrogen-bond donors (Lipinski definition) is 1. The summed E-state index contributed by atoms with van der Waals surface area (Å²) in [4.78, 5) is 12.1.